The predicted molar refractivity (Wildman–Crippen MR) is 52.1 cm³/mol. The minimum Gasteiger partial charge on any atom is -0.370 e. The van der Waals surface area contributed by atoms with Crippen molar-refractivity contribution in [2.45, 2.75) is 17.6 Å². The van der Waals surface area contributed by atoms with Crippen molar-refractivity contribution in [3.8, 4) is 0 Å². The molecule has 15 heavy (non-hydrogen) atoms. The summed E-state index contributed by atoms with van der Waals surface area (Å²) >= 11 is 0. The Labute approximate surface area is 86.9 Å². The second-order valence-corrected chi connectivity index (χ2v) is 4.70. The molecule has 0 aliphatic carbocycles. The van der Waals surface area contributed by atoms with Gasteiger partial charge >= 0.3 is 0 Å². The van der Waals surface area contributed by atoms with Gasteiger partial charge in [-0.2, -0.15) is 8.42 Å². The van der Waals surface area contributed by atoms with Crippen LogP contribution in [0.2, 0.25) is 0 Å². The van der Waals surface area contributed by atoms with Gasteiger partial charge in [0.2, 0.25) is 11.8 Å². The molecule has 86 valence electrons. The van der Waals surface area contributed by atoms with Crippen molar-refractivity contribution >= 4 is 21.9 Å². The van der Waals surface area contributed by atoms with E-state index in [0.717, 1.165) is 6.08 Å². The van der Waals surface area contributed by atoms with Crippen molar-refractivity contribution in [2.75, 3.05) is 0 Å². The van der Waals surface area contributed by atoms with Crippen LogP contribution >= 0.6 is 0 Å². The van der Waals surface area contributed by atoms with E-state index < -0.39 is 39.5 Å². The SMILES string of the molecule is C=CCC(CC(N)=O)(C(N)=O)S(=O)(=O)O. The Morgan fingerprint density at radius 1 is 1.40 bits per heavy atom. The Morgan fingerprint density at radius 2 is 1.87 bits per heavy atom. The van der Waals surface area contributed by atoms with Crippen LogP contribution < -0.4 is 11.5 Å². The molecule has 0 aromatic rings. The number of carbonyl (C=O) groups is 2. The maximum absolute atomic E-state index is 11.0. The zero-order valence-electron chi connectivity index (χ0n) is 7.84. The second-order valence-electron chi connectivity index (χ2n) is 2.97. The minimum absolute atomic E-state index is 0.482. The van der Waals surface area contributed by atoms with E-state index in [-0.39, 0.29) is 0 Å². The Morgan fingerprint density at radius 3 is 2.07 bits per heavy atom. The molecule has 0 aromatic heterocycles. The lowest BCUT2D eigenvalue weighted by atomic mass is 9.99. The summed E-state index contributed by atoms with van der Waals surface area (Å²) in [5.41, 5.74) is 9.65. The maximum atomic E-state index is 11.0. The van der Waals surface area contributed by atoms with Crippen LogP contribution in [0.3, 0.4) is 0 Å². The fourth-order valence-corrected chi connectivity index (χ4v) is 2.01. The highest BCUT2D eigenvalue weighted by molar-refractivity contribution is 7.88. The highest BCUT2D eigenvalue weighted by atomic mass is 32.2. The van der Waals surface area contributed by atoms with Crippen molar-refractivity contribution in [2.24, 2.45) is 11.5 Å². The third-order valence-corrected chi connectivity index (χ3v) is 3.38. The van der Waals surface area contributed by atoms with Gasteiger partial charge in [0, 0.05) is 0 Å². The number of carbonyl (C=O) groups excluding carboxylic acids is 2. The first kappa shape index (κ1) is 13.6. The molecular formula is C7H12N2O5S. The Hall–Kier alpha value is -1.41. The van der Waals surface area contributed by atoms with Gasteiger partial charge in [-0.15, -0.1) is 6.58 Å². The maximum Gasteiger partial charge on any atom is 0.280 e. The molecule has 0 heterocycles. The van der Waals surface area contributed by atoms with E-state index in [1.165, 1.54) is 0 Å². The molecule has 0 fully saturated rings. The summed E-state index contributed by atoms with van der Waals surface area (Å²) in [6.07, 6.45) is -0.307. The minimum atomic E-state index is -4.83. The van der Waals surface area contributed by atoms with Gasteiger partial charge in [0.25, 0.3) is 10.1 Å². The van der Waals surface area contributed by atoms with E-state index in [4.69, 9.17) is 16.0 Å². The van der Waals surface area contributed by atoms with Crippen LogP contribution in [-0.4, -0.2) is 29.5 Å². The van der Waals surface area contributed by atoms with Gasteiger partial charge in [-0.3, -0.25) is 14.1 Å². The van der Waals surface area contributed by atoms with Crippen LogP contribution in [0.5, 0.6) is 0 Å². The van der Waals surface area contributed by atoms with Gasteiger partial charge in [0.1, 0.15) is 0 Å². The average Bonchev–Trinajstić information content (AvgIpc) is 1.99. The van der Waals surface area contributed by atoms with Gasteiger partial charge in [-0.1, -0.05) is 6.08 Å². The highest BCUT2D eigenvalue weighted by Gasteiger charge is 2.49. The first-order valence-electron chi connectivity index (χ1n) is 3.83. The molecule has 0 aromatic carbocycles. The quantitative estimate of drug-likeness (QED) is 0.382. The topological polar surface area (TPSA) is 141 Å². The zero-order chi connectivity index (χ0) is 12.3. The molecular weight excluding hydrogens is 224 g/mol. The number of rotatable bonds is 6. The van der Waals surface area contributed by atoms with Gasteiger partial charge in [0.15, 0.2) is 4.75 Å². The number of allylic oxidation sites excluding steroid dienone is 1. The monoisotopic (exact) mass is 236 g/mol. The first-order chi connectivity index (χ1) is 6.67. The largest absolute Gasteiger partial charge is 0.370 e. The van der Waals surface area contributed by atoms with Gasteiger partial charge in [-0.05, 0) is 6.42 Å². The summed E-state index contributed by atoms with van der Waals surface area (Å²) in [6, 6.07) is 0. The second kappa shape index (κ2) is 4.41. The average molecular weight is 236 g/mol. The summed E-state index contributed by atoms with van der Waals surface area (Å²) in [7, 11) is -4.83. The fourth-order valence-electron chi connectivity index (χ4n) is 1.10. The van der Waals surface area contributed by atoms with Crippen LogP contribution in [0.15, 0.2) is 12.7 Å². The molecule has 2 amide bonds. The summed E-state index contributed by atoms with van der Waals surface area (Å²) in [4.78, 5) is 21.7. The van der Waals surface area contributed by atoms with Crippen LogP contribution in [-0.2, 0) is 19.7 Å². The Kier molecular flexibility index (Phi) is 3.99. The van der Waals surface area contributed by atoms with Crippen LogP contribution in [0.4, 0.5) is 0 Å². The molecule has 1 atom stereocenters. The summed E-state index contributed by atoms with van der Waals surface area (Å²) in [5, 5.41) is 0. The molecule has 0 rings (SSSR count). The van der Waals surface area contributed by atoms with E-state index in [1.54, 1.807) is 0 Å². The number of primary amides is 2. The molecule has 8 heteroatoms. The van der Waals surface area contributed by atoms with Crippen molar-refractivity contribution in [1.29, 1.82) is 0 Å². The summed E-state index contributed by atoms with van der Waals surface area (Å²) in [5.74, 6) is -2.41. The normalized spacial score (nSPS) is 15.3. The van der Waals surface area contributed by atoms with Crippen LogP contribution in [0.25, 0.3) is 0 Å². The summed E-state index contributed by atoms with van der Waals surface area (Å²) < 4.78 is 28.5. The molecule has 1 unspecified atom stereocenters. The van der Waals surface area contributed by atoms with Crippen molar-refractivity contribution in [1.82, 2.24) is 0 Å². The van der Waals surface area contributed by atoms with Crippen molar-refractivity contribution < 1.29 is 22.6 Å². The van der Waals surface area contributed by atoms with E-state index in [0.29, 0.717) is 0 Å². The lowest BCUT2D eigenvalue weighted by Gasteiger charge is -2.24. The molecule has 0 saturated heterocycles. The van der Waals surface area contributed by atoms with Crippen LogP contribution in [0, 0.1) is 0 Å². The Bertz CT molecular complexity index is 388. The molecule has 0 spiro atoms. The van der Waals surface area contributed by atoms with Gasteiger partial charge in [0.05, 0.1) is 6.42 Å². The number of hydrogen-bond donors (Lipinski definition) is 3. The smallest absolute Gasteiger partial charge is 0.280 e. The molecule has 7 nitrogen and oxygen atoms in total. The molecule has 0 saturated carbocycles. The van der Waals surface area contributed by atoms with Crippen molar-refractivity contribution in [3.63, 3.8) is 0 Å². The van der Waals surface area contributed by atoms with E-state index in [1.807, 2.05) is 0 Å². The molecule has 0 aliphatic heterocycles. The lowest BCUT2D eigenvalue weighted by molar-refractivity contribution is -0.125. The molecule has 5 N–H and O–H groups in total. The standard InChI is InChI=1S/C7H12N2O5S/c1-2-3-7(6(9)11,4-5(8)10)15(12,13)14/h2H,1,3-4H2,(H2,8,10)(H2,9,11)(H,12,13,14). The van der Waals surface area contributed by atoms with Gasteiger partial charge < -0.3 is 11.5 Å². The van der Waals surface area contributed by atoms with E-state index in [9.17, 15) is 18.0 Å². The van der Waals surface area contributed by atoms with Crippen LogP contribution in [0.1, 0.15) is 12.8 Å². The summed E-state index contributed by atoms with van der Waals surface area (Å²) in [6.45, 7) is 3.21. The highest BCUT2D eigenvalue weighted by Crippen LogP contribution is 2.25. The van der Waals surface area contributed by atoms with Gasteiger partial charge in [-0.25, -0.2) is 0 Å². The molecule has 0 aliphatic rings. The van der Waals surface area contributed by atoms with E-state index >= 15 is 0 Å². The lowest BCUT2D eigenvalue weighted by Crippen LogP contribution is -2.52. The van der Waals surface area contributed by atoms with Crippen molar-refractivity contribution in [3.05, 3.63) is 12.7 Å². The zero-order valence-corrected chi connectivity index (χ0v) is 8.66. The third-order valence-electron chi connectivity index (χ3n) is 1.88. The molecule has 0 radical (unpaired) electrons. The van der Waals surface area contributed by atoms with E-state index in [2.05, 4.69) is 6.58 Å². The number of hydrogen-bond acceptors (Lipinski definition) is 4. The first-order valence-corrected chi connectivity index (χ1v) is 5.27. The number of amides is 2. The molecule has 0 bridgehead atoms. The third kappa shape index (κ3) is 2.77. The number of nitrogens with two attached hydrogens (primary N) is 2. The predicted octanol–water partition coefficient (Wildman–Crippen LogP) is -1.45. The fraction of sp³-hybridized carbons (Fsp3) is 0.429. The Balaban J connectivity index is 5.58.